The van der Waals surface area contributed by atoms with E-state index in [-0.39, 0.29) is 5.92 Å². The molecule has 0 aromatic heterocycles. The van der Waals surface area contributed by atoms with Crippen LogP contribution in [0.15, 0.2) is 0 Å². The highest BCUT2D eigenvalue weighted by molar-refractivity contribution is 5.75. The molecule has 2 atom stereocenters. The summed E-state index contributed by atoms with van der Waals surface area (Å²) in [5.74, 6) is -0.831. The first-order chi connectivity index (χ1) is 5.82. The molecule has 0 radical (unpaired) electrons. The predicted octanol–water partition coefficient (Wildman–Crippen LogP) is 1.65. The van der Waals surface area contributed by atoms with Gasteiger partial charge in [0.05, 0.1) is 11.0 Å². The van der Waals surface area contributed by atoms with Crippen molar-refractivity contribution in [3.63, 3.8) is 0 Å². The largest absolute Gasteiger partial charge is 0.481 e. The first-order valence-corrected chi connectivity index (χ1v) is 4.78. The van der Waals surface area contributed by atoms with Crippen LogP contribution in [0.3, 0.4) is 0 Å². The summed E-state index contributed by atoms with van der Waals surface area (Å²) in [7, 11) is 0. The van der Waals surface area contributed by atoms with Crippen LogP contribution in [0.5, 0.6) is 0 Å². The summed E-state index contributed by atoms with van der Waals surface area (Å²) < 4.78 is 0. The third-order valence-electron chi connectivity index (χ3n) is 3.63. The summed E-state index contributed by atoms with van der Waals surface area (Å²) in [6.45, 7) is 5.14. The van der Waals surface area contributed by atoms with Gasteiger partial charge in [-0.15, -0.1) is 0 Å². The van der Waals surface area contributed by atoms with Crippen LogP contribution in [-0.4, -0.2) is 21.8 Å². The van der Waals surface area contributed by atoms with Gasteiger partial charge in [-0.1, -0.05) is 13.3 Å². The van der Waals surface area contributed by atoms with Crippen molar-refractivity contribution < 1.29 is 15.0 Å². The van der Waals surface area contributed by atoms with Gasteiger partial charge in [-0.25, -0.2) is 0 Å². The maximum absolute atomic E-state index is 11.0. The third kappa shape index (κ3) is 1.35. The van der Waals surface area contributed by atoms with Gasteiger partial charge >= 0.3 is 5.97 Å². The zero-order valence-corrected chi connectivity index (χ0v) is 8.50. The lowest BCUT2D eigenvalue weighted by Gasteiger charge is -2.39. The number of carboxylic acid groups (broad SMARTS) is 1. The minimum absolute atomic E-state index is 0.0820. The van der Waals surface area contributed by atoms with E-state index in [0.29, 0.717) is 6.42 Å². The smallest absolute Gasteiger partial charge is 0.312 e. The van der Waals surface area contributed by atoms with E-state index in [4.69, 9.17) is 5.11 Å². The predicted molar refractivity (Wildman–Crippen MR) is 49.4 cm³/mol. The topological polar surface area (TPSA) is 57.5 Å². The molecule has 0 spiro atoms. The van der Waals surface area contributed by atoms with Gasteiger partial charge in [0.15, 0.2) is 0 Å². The van der Waals surface area contributed by atoms with Crippen molar-refractivity contribution in [2.24, 2.45) is 11.3 Å². The van der Waals surface area contributed by atoms with Gasteiger partial charge in [0.2, 0.25) is 0 Å². The summed E-state index contributed by atoms with van der Waals surface area (Å²) in [6, 6.07) is 0. The van der Waals surface area contributed by atoms with E-state index in [1.807, 2.05) is 6.92 Å². The molecule has 1 aliphatic carbocycles. The highest BCUT2D eigenvalue weighted by Crippen LogP contribution is 2.47. The Morgan fingerprint density at radius 3 is 2.38 bits per heavy atom. The average Bonchev–Trinajstić information content (AvgIpc) is 2.33. The Morgan fingerprint density at radius 1 is 1.54 bits per heavy atom. The van der Waals surface area contributed by atoms with Crippen molar-refractivity contribution in [2.45, 2.75) is 45.6 Å². The first kappa shape index (κ1) is 10.5. The molecule has 1 rings (SSSR count). The van der Waals surface area contributed by atoms with E-state index in [2.05, 4.69) is 0 Å². The monoisotopic (exact) mass is 186 g/mol. The van der Waals surface area contributed by atoms with Crippen molar-refractivity contribution in [1.82, 2.24) is 0 Å². The van der Waals surface area contributed by atoms with E-state index < -0.39 is 17.0 Å². The quantitative estimate of drug-likeness (QED) is 0.689. The average molecular weight is 186 g/mol. The number of hydrogen-bond donors (Lipinski definition) is 2. The Kier molecular flexibility index (Phi) is 2.41. The SMILES string of the molecule is C[C@@H]1CCC[C@@]1(O)C(C)(C)C(=O)O. The van der Waals surface area contributed by atoms with Gasteiger partial charge < -0.3 is 10.2 Å². The molecule has 1 saturated carbocycles. The minimum Gasteiger partial charge on any atom is -0.481 e. The van der Waals surface area contributed by atoms with Gasteiger partial charge in [-0.2, -0.15) is 0 Å². The Balaban J connectivity index is 2.97. The number of hydrogen-bond acceptors (Lipinski definition) is 2. The molecule has 2 N–H and O–H groups in total. The number of carbonyl (C=O) groups is 1. The summed E-state index contributed by atoms with van der Waals surface area (Å²) in [5, 5.41) is 19.3. The highest BCUT2D eigenvalue weighted by atomic mass is 16.4. The Bertz CT molecular complexity index is 222. The molecule has 1 fully saturated rings. The number of aliphatic hydroxyl groups is 1. The van der Waals surface area contributed by atoms with E-state index >= 15 is 0 Å². The van der Waals surface area contributed by atoms with Crippen LogP contribution in [0.1, 0.15) is 40.0 Å². The van der Waals surface area contributed by atoms with E-state index in [0.717, 1.165) is 12.8 Å². The zero-order chi connectivity index (χ0) is 10.3. The third-order valence-corrected chi connectivity index (χ3v) is 3.63. The molecule has 0 aromatic rings. The molecule has 0 bridgehead atoms. The van der Waals surface area contributed by atoms with Crippen LogP contribution >= 0.6 is 0 Å². The second kappa shape index (κ2) is 2.98. The molecule has 3 heteroatoms. The highest BCUT2D eigenvalue weighted by Gasteiger charge is 2.54. The van der Waals surface area contributed by atoms with Crippen LogP contribution in [0.4, 0.5) is 0 Å². The molecule has 0 amide bonds. The molecule has 13 heavy (non-hydrogen) atoms. The molecule has 76 valence electrons. The number of rotatable bonds is 2. The van der Waals surface area contributed by atoms with Crippen LogP contribution < -0.4 is 0 Å². The normalized spacial score (nSPS) is 34.9. The van der Waals surface area contributed by atoms with Crippen LogP contribution in [0.25, 0.3) is 0 Å². The Morgan fingerprint density at radius 2 is 2.08 bits per heavy atom. The number of carboxylic acids is 1. The van der Waals surface area contributed by atoms with Gasteiger partial charge in [0.25, 0.3) is 0 Å². The van der Waals surface area contributed by atoms with E-state index in [1.165, 1.54) is 0 Å². The second-order valence-electron chi connectivity index (χ2n) is 4.65. The van der Waals surface area contributed by atoms with Crippen LogP contribution in [0, 0.1) is 11.3 Å². The molecule has 0 aliphatic heterocycles. The lowest BCUT2D eigenvalue weighted by Crippen LogP contribution is -2.51. The van der Waals surface area contributed by atoms with Crippen molar-refractivity contribution in [2.75, 3.05) is 0 Å². The lowest BCUT2D eigenvalue weighted by molar-refractivity contribution is -0.169. The maximum Gasteiger partial charge on any atom is 0.312 e. The molecule has 0 unspecified atom stereocenters. The molecule has 0 heterocycles. The fourth-order valence-corrected chi connectivity index (χ4v) is 2.28. The van der Waals surface area contributed by atoms with Crippen molar-refractivity contribution in [3.8, 4) is 0 Å². The molecule has 0 aromatic carbocycles. The molecule has 1 aliphatic rings. The summed E-state index contributed by atoms with van der Waals surface area (Å²) in [4.78, 5) is 11.0. The van der Waals surface area contributed by atoms with E-state index in [1.54, 1.807) is 13.8 Å². The van der Waals surface area contributed by atoms with Gasteiger partial charge in [0, 0.05) is 0 Å². The summed E-state index contributed by atoms with van der Waals surface area (Å²) in [5.41, 5.74) is -2.07. The van der Waals surface area contributed by atoms with Crippen LogP contribution in [0.2, 0.25) is 0 Å². The summed E-state index contributed by atoms with van der Waals surface area (Å²) >= 11 is 0. The molecule has 0 saturated heterocycles. The minimum atomic E-state index is -1.04. The maximum atomic E-state index is 11.0. The van der Waals surface area contributed by atoms with Crippen molar-refractivity contribution in [3.05, 3.63) is 0 Å². The van der Waals surface area contributed by atoms with Crippen molar-refractivity contribution >= 4 is 5.97 Å². The van der Waals surface area contributed by atoms with Gasteiger partial charge in [-0.3, -0.25) is 4.79 Å². The fourth-order valence-electron chi connectivity index (χ4n) is 2.28. The standard InChI is InChI=1S/C10H18O3/c1-7-5-4-6-10(7,13)9(2,3)8(11)12/h7,13H,4-6H2,1-3H3,(H,11,12)/t7-,10+/m1/s1. The second-order valence-corrected chi connectivity index (χ2v) is 4.65. The van der Waals surface area contributed by atoms with Gasteiger partial charge in [0.1, 0.15) is 0 Å². The number of aliphatic carboxylic acids is 1. The van der Waals surface area contributed by atoms with E-state index in [9.17, 15) is 9.90 Å². The summed E-state index contributed by atoms with van der Waals surface area (Å²) in [6.07, 6.45) is 2.45. The zero-order valence-electron chi connectivity index (χ0n) is 8.50. The molecular weight excluding hydrogens is 168 g/mol. The lowest BCUT2D eigenvalue weighted by atomic mass is 9.69. The van der Waals surface area contributed by atoms with Crippen molar-refractivity contribution in [1.29, 1.82) is 0 Å². The first-order valence-electron chi connectivity index (χ1n) is 4.78. The Hall–Kier alpha value is -0.570. The molecule has 3 nitrogen and oxygen atoms in total. The molecular formula is C10H18O3. The fraction of sp³-hybridized carbons (Fsp3) is 0.900. The van der Waals surface area contributed by atoms with Gasteiger partial charge in [-0.05, 0) is 32.6 Å². The Labute approximate surface area is 78.8 Å². The van der Waals surface area contributed by atoms with Crippen LogP contribution in [-0.2, 0) is 4.79 Å².